The fraction of sp³-hybridized carbons (Fsp3) is 0.417. The van der Waals surface area contributed by atoms with Crippen LogP contribution in [0, 0.1) is 0 Å². The van der Waals surface area contributed by atoms with E-state index < -0.39 is 11.7 Å². The van der Waals surface area contributed by atoms with Crippen molar-refractivity contribution >= 4 is 11.3 Å². The molecule has 3 nitrogen and oxygen atoms in total. The van der Waals surface area contributed by atoms with Gasteiger partial charge in [-0.15, -0.1) is 11.3 Å². The molecule has 2 aromatic heterocycles. The van der Waals surface area contributed by atoms with Crippen molar-refractivity contribution in [3.8, 4) is 0 Å². The van der Waals surface area contributed by atoms with Crippen LogP contribution < -0.4 is 5.32 Å². The highest BCUT2D eigenvalue weighted by Crippen LogP contribution is 2.28. The molecule has 0 aliphatic carbocycles. The molecule has 0 amide bonds. The first-order valence-electron chi connectivity index (χ1n) is 5.81. The van der Waals surface area contributed by atoms with E-state index in [-0.39, 0.29) is 6.04 Å². The van der Waals surface area contributed by atoms with E-state index >= 15 is 0 Å². The van der Waals surface area contributed by atoms with Gasteiger partial charge in [-0.3, -0.25) is 4.68 Å². The van der Waals surface area contributed by atoms with Gasteiger partial charge in [-0.05, 0) is 18.4 Å². The number of nitrogens with one attached hydrogen (secondary N) is 1. The van der Waals surface area contributed by atoms with Crippen LogP contribution in [0.25, 0.3) is 0 Å². The molecule has 2 aromatic rings. The number of hydrogen-bond acceptors (Lipinski definition) is 3. The Morgan fingerprint density at radius 2 is 2.26 bits per heavy atom. The SMILES string of the molecule is CC(CNCc1cccs1)n1cc(C(F)(F)F)cn1. The van der Waals surface area contributed by atoms with Gasteiger partial charge in [-0.2, -0.15) is 18.3 Å². The molecule has 0 spiro atoms. The monoisotopic (exact) mass is 289 g/mol. The number of aromatic nitrogens is 2. The molecule has 0 fully saturated rings. The smallest absolute Gasteiger partial charge is 0.310 e. The van der Waals surface area contributed by atoms with E-state index in [1.54, 1.807) is 11.3 Å². The minimum Gasteiger partial charge on any atom is -0.310 e. The molecule has 0 saturated heterocycles. The second-order valence-electron chi connectivity index (χ2n) is 4.27. The zero-order chi connectivity index (χ0) is 13.9. The molecule has 0 aliphatic heterocycles. The van der Waals surface area contributed by atoms with Crippen molar-refractivity contribution in [1.29, 1.82) is 0 Å². The van der Waals surface area contributed by atoms with Crippen molar-refractivity contribution in [3.05, 3.63) is 40.3 Å². The fourth-order valence-electron chi connectivity index (χ4n) is 1.64. The molecule has 1 atom stereocenters. The Morgan fingerprint density at radius 3 is 2.84 bits per heavy atom. The van der Waals surface area contributed by atoms with E-state index in [0.29, 0.717) is 6.54 Å². The van der Waals surface area contributed by atoms with E-state index in [4.69, 9.17) is 0 Å². The Morgan fingerprint density at radius 1 is 1.47 bits per heavy atom. The Hall–Kier alpha value is -1.34. The molecule has 2 rings (SSSR count). The van der Waals surface area contributed by atoms with Crippen LogP contribution in [0.4, 0.5) is 13.2 Å². The third-order valence-corrected chi connectivity index (χ3v) is 3.58. The molecule has 19 heavy (non-hydrogen) atoms. The summed E-state index contributed by atoms with van der Waals surface area (Å²) in [5, 5.41) is 8.95. The van der Waals surface area contributed by atoms with Gasteiger partial charge in [-0.1, -0.05) is 6.07 Å². The average Bonchev–Trinajstić information content (AvgIpc) is 2.99. The lowest BCUT2D eigenvalue weighted by atomic mass is 10.3. The van der Waals surface area contributed by atoms with Gasteiger partial charge in [0.1, 0.15) is 0 Å². The summed E-state index contributed by atoms with van der Waals surface area (Å²) in [5.74, 6) is 0. The molecule has 0 saturated carbocycles. The van der Waals surface area contributed by atoms with Gasteiger partial charge in [-0.25, -0.2) is 0 Å². The summed E-state index contributed by atoms with van der Waals surface area (Å²) in [5.41, 5.74) is -0.711. The largest absolute Gasteiger partial charge is 0.419 e. The van der Waals surface area contributed by atoms with Crippen molar-refractivity contribution in [1.82, 2.24) is 15.1 Å². The number of alkyl halides is 3. The Labute approximate surface area is 113 Å². The molecular weight excluding hydrogens is 275 g/mol. The van der Waals surface area contributed by atoms with E-state index in [0.717, 1.165) is 18.9 Å². The van der Waals surface area contributed by atoms with Crippen LogP contribution >= 0.6 is 11.3 Å². The first-order chi connectivity index (χ1) is 8.97. The molecular formula is C12H14F3N3S. The number of hydrogen-bond donors (Lipinski definition) is 1. The highest BCUT2D eigenvalue weighted by atomic mass is 32.1. The van der Waals surface area contributed by atoms with Crippen molar-refractivity contribution in [2.45, 2.75) is 25.7 Å². The molecule has 7 heteroatoms. The van der Waals surface area contributed by atoms with Gasteiger partial charge in [0, 0.05) is 24.2 Å². The van der Waals surface area contributed by atoms with Gasteiger partial charge in [0.05, 0.1) is 17.8 Å². The highest BCUT2D eigenvalue weighted by Gasteiger charge is 2.32. The minimum absolute atomic E-state index is 0.129. The summed E-state index contributed by atoms with van der Waals surface area (Å²) in [7, 11) is 0. The predicted octanol–water partition coefficient (Wildman–Crippen LogP) is 3.31. The lowest BCUT2D eigenvalue weighted by Crippen LogP contribution is -2.23. The summed E-state index contributed by atoms with van der Waals surface area (Å²) in [6, 6.07) is 3.85. The van der Waals surface area contributed by atoms with Crippen LogP contribution in [-0.4, -0.2) is 16.3 Å². The first-order valence-corrected chi connectivity index (χ1v) is 6.69. The second kappa shape index (κ2) is 5.75. The molecule has 1 N–H and O–H groups in total. The average molecular weight is 289 g/mol. The van der Waals surface area contributed by atoms with Gasteiger partial charge in [0.15, 0.2) is 0 Å². The fourth-order valence-corrected chi connectivity index (χ4v) is 2.31. The number of halogens is 3. The standard InChI is InChI=1S/C12H14F3N3S/c1-9(5-16-7-11-3-2-4-19-11)18-8-10(6-17-18)12(13,14)15/h2-4,6,8-9,16H,5,7H2,1H3. The summed E-state index contributed by atoms with van der Waals surface area (Å²) in [6.07, 6.45) is -2.43. The highest BCUT2D eigenvalue weighted by molar-refractivity contribution is 7.09. The normalized spacial score (nSPS) is 13.7. The van der Waals surface area contributed by atoms with Crippen molar-refractivity contribution in [2.24, 2.45) is 0 Å². The molecule has 0 aliphatic rings. The lowest BCUT2D eigenvalue weighted by molar-refractivity contribution is -0.137. The van der Waals surface area contributed by atoms with Crippen LogP contribution in [0.5, 0.6) is 0 Å². The Kier molecular flexibility index (Phi) is 4.26. The van der Waals surface area contributed by atoms with E-state index in [9.17, 15) is 13.2 Å². The predicted molar refractivity (Wildman–Crippen MR) is 68.0 cm³/mol. The van der Waals surface area contributed by atoms with Crippen LogP contribution in [0.3, 0.4) is 0 Å². The third-order valence-electron chi connectivity index (χ3n) is 2.70. The Balaban J connectivity index is 1.86. The van der Waals surface area contributed by atoms with Gasteiger partial charge >= 0.3 is 6.18 Å². The number of rotatable bonds is 5. The van der Waals surface area contributed by atoms with E-state index in [2.05, 4.69) is 10.4 Å². The van der Waals surface area contributed by atoms with E-state index in [1.807, 2.05) is 24.4 Å². The maximum Gasteiger partial charge on any atom is 0.419 e. The molecule has 0 bridgehead atoms. The van der Waals surface area contributed by atoms with Gasteiger partial charge in [0.25, 0.3) is 0 Å². The minimum atomic E-state index is -4.33. The molecule has 2 heterocycles. The lowest BCUT2D eigenvalue weighted by Gasteiger charge is -2.12. The summed E-state index contributed by atoms with van der Waals surface area (Å²) < 4.78 is 38.6. The second-order valence-corrected chi connectivity index (χ2v) is 5.30. The third kappa shape index (κ3) is 3.81. The zero-order valence-electron chi connectivity index (χ0n) is 10.3. The number of thiophene rings is 1. The van der Waals surface area contributed by atoms with Crippen molar-refractivity contribution in [2.75, 3.05) is 6.54 Å². The van der Waals surface area contributed by atoms with Crippen molar-refractivity contribution < 1.29 is 13.2 Å². The van der Waals surface area contributed by atoms with Gasteiger partial charge < -0.3 is 5.32 Å². The zero-order valence-corrected chi connectivity index (χ0v) is 11.1. The molecule has 1 unspecified atom stereocenters. The van der Waals surface area contributed by atoms with Crippen LogP contribution in [0.1, 0.15) is 23.4 Å². The topological polar surface area (TPSA) is 29.9 Å². The van der Waals surface area contributed by atoms with Crippen LogP contribution in [-0.2, 0) is 12.7 Å². The summed E-state index contributed by atoms with van der Waals surface area (Å²) in [4.78, 5) is 1.20. The molecule has 0 radical (unpaired) electrons. The molecule has 104 valence electrons. The van der Waals surface area contributed by atoms with Crippen molar-refractivity contribution in [3.63, 3.8) is 0 Å². The summed E-state index contributed by atoms with van der Waals surface area (Å²) in [6.45, 7) is 3.11. The van der Waals surface area contributed by atoms with Crippen LogP contribution in [0.2, 0.25) is 0 Å². The quantitative estimate of drug-likeness (QED) is 0.915. The summed E-state index contributed by atoms with van der Waals surface area (Å²) >= 11 is 1.64. The first kappa shape index (κ1) is 14.1. The number of nitrogens with zero attached hydrogens (tertiary/aromatic N) is 2. The maximum absolute atomic E-state index is 12.4. The van der Waals surface area contributed by atoms with Gasteiger partial charge in [0.2, 0.25) is 0 Å². The van der Waals surface area contributed by atoms with E-state index in [1.165, 1.54) is 9.56 Å². The van der Waals surface area contributed by atoms with Crippen LogP contribution in [0.15, 0.2) is 29.9 Å². The maximum atomic E-state index is 12.4. The molecule has 0 aromatic carbocycles. The Bertz CT molecular complexity index is 505.